The standard InChI is InChI=1S/C9H10NS/c1-9(2)4-3-8-7(5-9)10-6-11-8/h3-4H,5H2,1-2H3/q+1. The van der Waals surface area contributed by atoms with Gasteiger partial charge in [0.15, 0.2) is 0 Å². The Kier molecular flexibility index (Phi) is 1.41. The van der Waals surface area contributed by atoms with Crippen molar-refractivity contribution in [2.75, 3.05) is 0 Å². The van der Waals surface area contributed by atoms with E-state index in [4.69, 9.17) is 0 Å². The van der Waals surface area contributed by atoms with Crippen LogP contribution >= 0.6 is 11.8 Å². The fraction of sp³-hybridized carbons (Fsp3) is 0.444. The number of aliphatic imine (C=N–C) groups is 1. The first-order valence-corrected chi connectivity index (χ1v) is 4.54. The molecule has 1 nitrogen and oxygen atoms in total. The van der Waals surface area contributed by atoms with E-state index in [-0.39, 0.29) is 5.41 Å². The van der Waals surface area contributed by atoms with Crippen LogP contribution in [0.25, 0.3) is 0 Å². The molecule has 0 fully saturated rings. The molecule has 0 unspecified atom stereocenters. The van der Waals surface area contributed by atoms with E-state index in [1.807, 2.05) is 0 Å². The van der Waals surface area contributed by atoms with Crippen LogP contribution in [0.4, 0.5) is 0 Å². The third-order valence-corrected chi connectivity index (χ3v) is 2.70. The molecule has 2 aliphatic rings. The van der Waals surface area contributed by atoms with Crippen molar-refractivity contribution in [3.05, 3.63) is 22.8 Å². The Morgan fingerprint density at radius 1 is 1.64 bits per heavy atom. The Labute approximate surface area is 71.3 Å². The first-order valence-electron chi connectivity index (χ1n) is 3.72. The molecule has 2 heteroatoms. The largest absolute Gasteiger partial charge is 0.272 e. The predicted molar refractivity (Wildman–Crippen MR) is 49.6 cm³/mol. The lowest BCUT2D eigenvalue weighted by Gasteiger charge is -2.18. The molecular formula is C9H10NS+. The molecule has 56 valence electrons. The first-order chi connectivity index (χ1) is 5.17. The molecule has 0 amide bonds. The van der Waals surface area contributed by atoms with Gasteiger partial charge in [0.05, 0.1) is 6.42 Å². The Balaban J connectivity index is 2.31. The lowest BCUT2D eigenvalue weighted by atomic mass is 9.84. The maximum atomic E-state index is 4.19. The number of hydrogen-bond acceptors (Lipinski definition) is 2. The van der Waals surface area contributed by atoms with Crippen LogP contribution in [0.5, 0.6) is 0 Å². The average Bonchev–Trinajstić information content (AvgIpc) is 2.31. The molecule has 0 aromatic carbocycles. The molecule has 0 spiro atoms. The predicted octanol–water partition coefficient (Wildman–Crippen LogP) is 2.84. The summed E-state index contributed by atoms with van der Waals surface area (Å²) in [5.41, 5.74) is 4.42. The van der Waals surface area contributed by atoms with E-state index in [2.05, 4.69) is 36.5 Å². The molecular weight excluding hydrogens is 154 g/mol. The van der Waals surface area contributed by atoms with E-state index in [1.165, 1.54) is 10.6 Å². The van der Waals surface area contributed by atoms with E-state index >= 15 is 0 Å². The average molecular weight is 164 g/mol. The maximum Gasteiger partial charge on any atom is 0.272 e. The van der Waals surface area contributed by atoms with Gasteiger partial charge in [-0.05, 0) is 6.08 Å². The summed E-state index contributed by atoms with van der Waals surface area (Å²) in [7, 11) is 0. The molecule has 11 heavy (non-hydrogen) atoms. The zero-order valence-electron chi connectivity index (χ0n) is 6.72. The summed E-state index contributed by atoms with van der Waals surface area (Å²) in [5, 5.41) is 0. The normalized spacial score (nSPS) is 25.3. The zero-order valence-corrected chi connectivity index (χ0v) is 7.53. The molecule has 1 aliphatic carbocycles. The van der Waals surface area contributed by atoms with E-state index in [1.54, 1.807) is 11.8 Å². The summed E-state index contributed by atoms with van der Waals surface area (Å²) >= 11 is 1.60. The number of nitrogens with zero attached hydrogens (tertiary/aromatic N) is 1. The molecule has 0 bridgehead atoms. The fourth-order valence-electron chi connectivity index (χ4n) is 1.29. The first kappa shape index (κ1) is 7.08. The molecule has 1 aliphatic heterocycles. The summed E-state index contributed by atoms with van der Waals surface area (Å²) in [6.07, 6.45) is 5.47. The van der Waals surface area contributed by atoms with E-state index < -0.39 is 0 Å². The highest BCUT2D eigenvalue weighted by molar-refractivity contribution is 8.15. The fourth-order valence-corrected chi connectivity index (χ4v) is 1.92. The van der Waals surface area contributed by atoms with Crippen LogP contribution < -0.4 is 0 Å². The number of allylic oxidation sites excluding steroid dienone is 3. The van der Waals surface area contributed by atoms with Gasteiger partial charge in [-0.3, -0.25) is 0 Å². The summed E-state index contributed by atoms with van der Waals surface area (Å²) < 4.78 is 0. The van der Waals surface area contributed by atoms with E-state index in [0.29, 0.717) is 0 Å². The Morgan fingerprint density at radius 3 is 3.27 bits per heavy atom. The van der Waals surface area contributed by atoms with Gasteiger partial charge < -0.3 is 0 Å². The Morgan fingerprint density at radius 2 is 2.45 bits per heavy atom. The minimum absolute atomic E-state index is 0.287. The monoisotopic (exact) mass is 164 g/mol. The highest BCUT2D eigenvalue weighted by Gasteiger charge is 2.32. The quantitative estimate of drug-likeness (QED) is 0.501. The van der Waals surface area contributed by atoms with Crippen LogP contribution in [0, 0.1) is 5.41 Å². The van der Waals surface area contributed by atoms with Gasteiger partial charge in [0.25, 0.3) is 5.55 Å². The highest BCUT2D eigenvalue weighted by Crippen LogP contribution is 2.40. The van der Waals surface area contributed by atoms with Gasteiger partial charge in [0, 0.05) is 10.4 Å². The van der Waals surface area contributed by atoms with Crippen LogP contribution in [0.1, 0.15) is 20.3 Å². The van der Waals surface area contributed by atoms with Gasteiger partial charge in [-0.25, -0.2) is 0 Å². The molecule has 0 saturated carbocycles. The smallest absolute Gasteiger partial charge is 0.0735 e. The number of hydrogen-bond donors (Lipinski definition) is 0. The Hall–Kier alpha value is -0.590. The zero-order chi connectivity index (χ0) is 7.90. The molecule has 0 N–H and O–H groups in total. The summed E-state index contributed by atoms with van der Waals surface area (Å²) in [4.78, 5) is 5.48. The van der Waals surface area contributed by atoms with Gasteiger partial charge in [0.2, 0.25) is 5.70 Å². The minimum atomic E-state index is 0.287. The molecule has 0 radical (unpaired) electrons. The summed E-state index contributed by atoms with van der Waals surface area (Å²) in [5.74, 6) is 0. The second kappa shape index (κ2) is 2.20. The Bertz CT molecular complexity index is 271. The third-order valence-electron chi connectivity index (χ3n) is 1.93. The molecule has 0 atom stereocenters. The van der Waals surface area contributed by atoms with Gasteiger partial charge in [-0.1, -0.05) is 19.9 Å². The molecule has 0 aromatic rings. The highest BCUT2D eigenvalue weighted by atomic mass is 32.2. The summed E-state index contributed by atoms with van der Waals surface area (Å²) in [6.45, 7) is 4.46. The molecule has 0 saturated heterocycles. The molecule has 1 heterocycles. The maximum absolute atomic E-state index is 4.19. The lowest BCUT2D eigenvalue weighted by Crippen LogP contribution is -2.10. The van der Waals surface area contributed by atoms with Crippen molar-refractivity contribution in [2.45, 2.75) is 20.3 Å². The van der Waals surface area contributed by atoms with Gasteiger partial charge >= 0.3 is 0 Å². The number of thioether (sulfide) groups is 1. The van der Waals surface area contributed by atoms with Crippen LogP contribution in [0.2, 0.25) is 0 Å². The molecule has 2 rings (SSSR count). The van der Waals surface area contributed by atoms with Crippen molar-refractivity contribution in [3.63, 3.8) is 0 Å². The molecule has 0 aromatic heterocycles. The SMILES string of the molecule is CC1(C)C=CC2=C(C1)N=[C+]S2. The van der Waals surface area contributed by atoms with Crippen molar-refractivity contribution in [2.24, 2.45) is 10.4 Å². The van der Waals surface area contributed by atoms with Crippen molar-refractivity contribution in [3.8, 4) is 0 Å². The topological polar surface area (TPSA) is 12.4 Å². The van der Waals surface area contributed by atoms with Crippen molar-refractivity contribution in [1.29, 1.82) is 0 Å². The minimum Gasteiger partial charge on any atom is -0.0735 e. The van der Waals surface area contributed by atoms with Crippen molar-refractivity contribution < 1.29 is 0 Å². The van der Waals surface area contributed by atoms with E-state index in [9.17, 15) is 0 Å². The van der Waals surface area contributed by atoms with Crippen LogP contribution in [0.15, 0.2) is 27.7 Å². The van der Waals surface area contributed by atoms with Gasteiger partial charge in [0.1, 0.15) is 16.7 Å². The van der Waals surface area contributed by atoms with Gasteiger partial charge in [-0.2, -0.15) is 0 Å². The van der Waals surface area contributed by atoms with Gasteiger partial charge in [-0.15, -0.1) is 0 Å². The second-order valence-electron chi connectivity index (χ2n) is 3.61. The lowest BCUT2D eigenvalue weighted by molar-refractivity contribution is 0.468. The summed E-state index contributed by atoms with van der Waals surface area (Å²) in [6, 6.07) is 0. The van der Waals surface area contributed by atoms with Crippen LogP contribution in [0.3, 0.4) is 0 Å². The van der Waals surface area contributed by atoms with Crippen molar-refractivity contribution >= 4 is 17.3 Å². The van der Waals surface area contributed by atoms with Crippen molar-refractivity contribution in [1.82, 2.24) is 0 Å². The second-order valence-corrected chi connectivity index (χ2v) is 4.44. The van der Waals surface area contributed by atoms with E-state index in [0.717, 1.165) is 6.42 Å². The number of rotatable bonds is 0. The van der Waals surface area contributed by atoms with Crippen LogP contribution in [-0.2, 0) is 0 Å². The third kappa shape index (κ3) is 1.24. The van der Waals surface area contributed by atoms with Crippen LogP contribution in [-0.4, -0.2) is 5.55 Å².